The van der Waals surface area contributed by atoms with Crippen LogP contribution in [0.2, 0.25) is 10.0 Å². The van der Waals surface area contributed by atoms with Crippen LogP contribution in [0.4, 0.5) is 5.69 Å². The molecule has 1 aromatic carbocycles. The fourth-order valence-corrected chi connectivity index (χ4v) is 2.22. The molecule has 3 nitrogen and oxygen atoms in total. The third-order valence-corrected chi connectivity index (χ3v) is 3.77. The van der Waals surface area contributed by atoms with Gasteiger partial charge in [-0.3, -0.25) is 4.79 Å². The van der Waals surface area contributed by atoms with E-state index in [0.29, 0.717) is 21.7 Å². The lowest BCUT2D eigenvalue weighted by atomic mass is 9.88. The molecule has 1 aromatic rings. The summed E-state index contributed by atoms with van der Waals surface area (Å²) in [7, 11) is 0. The van der Waals surface area contributed by atoms with E-state index in [4.69, 9.17) is 23.2 Å². The van der Waals surface area contributed by atoms with Crippen LogP contribution in [0, 0.1) is 11.8 Å². The number of amides is 1. The van der Waals surface area contributed by atoms with Gasteiger partial charge in [0.05, 0.1) is 15.7 Å². The number of nitrogens with one attached hydrogen (secondary N) is 2. The van der Waals surface area contributed by atoms with E-state index in [9.17, 15) is 4.79 Å². The second-order valence-corrected chi connectivity index (χ2v) is 5.11. The van der Waals surface area contributed by atoms with E-state index in [1.54, 1.807) is 18.2 Å². The first-order valence-electron chi connectivity index (χ1n) is 5.55. The van der Waals surface area contributed by atoms with Gasteiger partial charge in [-0.25, -0.2) is 0 Å². The Morgan fingerprint density at radius 3 is 2.47 bits per heavy atom. The summed E-state index contributed by atoms with van der Waals surface area (Å²) in [6, 6.07) is 5.16. The summed E-state index contributed by atoms with van der Waals surface area (Å²) < 4.78 is 0. The highest BCUT2D eigenvalue weighted by atomic mass is 35.5. The normalized spacial score (nSPS) is 17.4. The van der Waals surface area contributed by atoms with Crippen LogP contribution < -0.4 is 10.6 Å². The molecule has 1 aliphatic rings. The van der Waals surface area contributed by atoms with Crippen LogP contribution in [0.5, 0.6) is 0 Å². The Balaban J connectivity index is 2.07. The first-order valence-corrected chi connectivity index (χ1v) is 6.30. The number of benzene rings is 1. The molecule has 1 amide bonds. The van der Waals surface area contributed by atoms with Crippen LogP contribution in [0.1, 0.15) is 6.92 Å². The van der Waals surface area contributed by atoms with Crippen LogP contribution in [-0.2, 0) is 4.79 Å². The van der Waals surface area contributed by atoms with E-state index in [1.807, 2.05) is 6.92 Å². The fourth-order valence-electron chi connectivity index (χ4n) is 1.73. The van der Waals surface area contributed by atoms with Crippen molar-refractivity contribution < 1.29 is 4.79 Å². The number of hydrogen-bond donors (Lipinski definition) is 2. The van der Waals surface area contributed by atoms with Gasteiger partial charge in [-0.2, -0.15) is 0 Å². The van der Waals surface area contributed by atoms with Crippen molar-refractivity contribution in [2.24, 2.45) is 11.8 Å². The molecule has 1 fully saturated rings. The second-order valence-electron chi connectivity index (χ2n) is 4.29. The van der Waals surface area contributed by atoms with Gasteiger partial charge in [0.2, 0.25) is 5.91 Å². The molecule has 92 valence electrons. The summed E-state index contributed by atoms with van der Waals surface area (Å²) in [4.78, 5) is 12.0. The minimum absolute atomic E-state index is 0.0356. The van der Waals surface area contributed by atoms with Crippen LogP contribution in [0.15, 0.2) is 18.2 Å². The topological polar surface area (TPSA) is 41.1 Å². The largest absolute Gasteiger partial charge is 0.323 e. The Morgan fingerprint density at radius 1 is 1.41 bits per heavy atom. The van der Waals surface area contributed by atoms with Gasteiger partial charge in [-0.15, -0.1) is 0 Å². The van der Waals surface area contributed by atoms with E-state index in [1.165, 1.54) is 0 Å². The Morgan fingerprint density at radius 2 is 2.00 bits per heavy atom. The highest BCUT2D eigenvalue weighted by Crippen LogP contribution is 2.30. The summed E-state index contributed by atoms with van der Waals surface area (Å²) >= 11 is 12.0. The first-order chi connectivity index (χ1) is 8.09. The minimum atomic E-state index is -0.0383. The summed E-state index contributed by atoms with van der Waals surface area (Å²) in [6.07, 6.45) is 0. The van der Waals surface area contributed by atoms with Gasteiger partial charge in [0.25, 0.3) is 0 Å². The van der Waals surface area contributed by atoms with Gasteiger partial charge in [0.15, 0.2) is 0 Å². The van der Waals surface area contributed by atoms with Crippen LogP contribution in [0.25, 0.3) is 0 Å². The summed E-state index contributed by atoms with van der Waals surface area (Å²) in [5, 5.41) is 6.87. The van der Waals surface area contributed by atoms with Gasteiger partial charge >= 0.3 is 0 Å². The van der Waals surface area contributed by atoms with Crippen LogP contribution in [-0.4, -0.2) is 19.0 Å². The van der Waals surface area contributed by atoms with Crippen molar-refractivity contribution in [2.45, 2.75) is 6.92 Å². The predicted octanol–water partition coefficient (Wildman–Crippen LogP) is 2.79. The second kappa shape index (κ2) is 5.25. The number of halogens is 2. The standard InChI is InChI=1S/C12H14Cl2N2O/c1-7(8-5-15-6-8)12(17)16-11-9(13)3-2-4-10(11)14/h2-4,7-8,15H,5-6H2,1H3,(H,16,17). The Labute approximate surface area is 110 Å². The smallest absolute Gasteiger partial charge is 0.227 e. The molecule has 0 saturated carbocycles. The van der Waals surface area contributed by atoms with Crippen molar-refractivity contribution in [3.63, 3.8) is 0 Å². The molecule has 1 atom stereocenters. The summed E-state index contributed by atoms with van der Waals surface area (Å²) in [6.45, 7) is 3.71. The molecule has 17 heavy (non-hydrogen) atoms. The fraction of sp³-hybridized carbons (Fsp3) is 0.417. The lowest BCUT2D eigenvalue weighted by molar-refractivity contribution is -0.121. The Bertz CT molecular complexity index is 412. The van der Waals surface area contributed by atoms with E-state index >= 15 is 0 Å². The molecule has 0 bridgehead atoms. The maximum Gasteiger partial charge on any atom is 0.227 e. The third kappa shape index (κ3) is 2.73. The van der Waals surface area contributed by atoms with Crippen molar-refractivity contribution in [1.82, 2.24) is 5.32 Å². The third-order valence-electron chi connectivity index (χ3n) is 3.14. The average molecular weight is 273 g/mol. The van der Waals surface area contributed by atoms with Gasteiger partial charge in [0.1, 0.15) is 0 Å². The number of rotatable bonds is 3. The first kappa shape index (κ1) is 12.7. The predicted molar refractivity (Wildman–Crippen MR) is 70.6 cm³/mol. The molecule has 1 aliphatic heterocycles. The zero-order valence-corrected chi connectivity index (χ0v) is 11.0. The van der Waals surface area contributed by atoms with Crippen molar-refractivity contribution in [1.29, 1.82) is 0 Å². The molecule has 0 radical (unpaired) electrons. The molecular formula is C12H14Cl2N2O. The van der Waals surface area contributed by atoms with Crippen molar-refractivity contribution in [3.8, 4) is 0 Å². The quantitative estimate of drug-likeness (QED) is 0.889. The SMILES string of the molecule is CC(C(=O)Nc1c(Cl)cccc1Cl)C1CNC1. The number of carbonyl (C=O) groups is 1. The molecule has 0 aliphatic carbocycles. The zero-order valence-electron chi connectivity index (χ0n) is 9.47. The Kier molecular flexibility index (Phi) is 3.92. The monoisotopic (exact) mass is 272 g/mol. The Hall–Kier alpha value is -0.770. The van der Waals surface area contributed by atoms with Gasteiger partial charge in [0, 0.05) is 5.92 Å². The number of carbonyl (C=O) groups excluding carboxylic acids is 1. The highest BCUT2D eigenvalue weighted by molar-refractivity contribution is 6.39. The molecule has 1 unspecified atom stereocenters. The maximum absolute atomic E-state index is 12.0. The van der Waals surface area contributed by atoms with Gasteiger partial charge in [-0.1, -0.05) is 36.2 Å². The number of hydrogen-bond acceptors (Lipinski definition) is 2. The van der Waals surface area contributed by atoms with Gasteiger partial charge in [-0.05, 0) is 31.1 Å². The van der Waals surface area contributed by atoms with Crippen LogP contribution >= 0.6 is 23.2 Å². The van der Waals surface area contributed by atoms with Crippen molar-refractivity contribution in [3.05, 3.63) is 28.2 Å². The van der Waals surface area contributed by atoms with Crippen molar-refractivity contribution >= 4 is 34.8 Å². The lowest BCUT2D eigenvalue weighted by Gasteiger charge is -2.31. The zero-order chi connectivity index (χ0) is 12.4. The number of anilines is 1. The molecule has 1 heterocycles. The molecule has 1 saturated heterocycles. The van der Waals surface area contributed by atoms with E-state index in [-0.39, 0.29) is 11.8 Å². The molecule has 0 spiro atoms. The van der Waals surface area contributed by atoms with Gasteiger partial charge < -0.3 is 10.6 Å². The van der Waals surface area contributed by atoms with E-state index < -0.39 is 0 Å². The molecular weight excluding hydrogens is 259 g/mol. The molecule has 0 aromatic heterocycles. The molecule has 2 rings (SSSR count). The number of para-hydroxylation sites is 1. The summed E-state index contributed by atoms with van der Waals surface area (Å²) in [5.41, 5.74) is 0.500. The molecule has 5 heteroatoms. The average Bonchev–Trinajstić information content (AvgIpc) is 2.21. The molecule has 2 N–H and O–H groups in total. The lowest BCUT2D eigenvalue weighted by Crippen LogP contribution is -2.48. The van der Waals surface area contributed by atoms with E-state index in [2.05, 4.69) is 10.6 Å². The van der Waals surface area contributed by atoms with Crippen molar-refractivity contribution in [2.75, 3.05) is 18.4 Å². The summed E-state index contributed by atoms with van der Waals surface area (Å²) in [5.74, 6) is 0.325. The highest BCUT2D eigenvalue weighted by Gasteiger charge is 2.29. The van der Waals surface area contributed by atoms with Crippen LogP contribution in [0.3, 0.4) is 0 Å². The minimum Gasteiger partial charge on any atom is -0.323 e. The maximum atomic E-state index is 12.0. The van der Waals surface area contributed by atoms with E-state index in [0.717, 1.165) is 13.1 Å².